The summed E-state index contributed by atoms with van der Waals surface area (Å²) in [5, 5.41) is 0. The number of aryl methyl sites for hydroxylation is 1. The van der Waals surface area contributed by atoms with E-state index in [-0.39, 0.29) is 18.5 Å². The van der Waals surface area contributed by atoms with E-state index in [0.29, 0.717) is 18.6 Å². The molecule has 5 nitrogen and oxygen atoms in total. The monoisotopic (exact) mass is 342 g/mol. The molecule has 0 bridgehead atoms. The largest absolute Gasteiger partial charge is 0.426 e. The van der Waals surface area contributed by atoms with Crippen molar-refractivity contribution < 1.29 is 22.1 Å². The van der Waals surface area contributed by atoms with Crippen molar-refractivity contribution in [2.24, 2.45) is 0 Å². The molecule has 0 aliphatic heterocycles. The Kier molecular flexibility index (Phi) is 7.72. The van der Waals surface area contributed by atoms with Crippen LogP contribution in [0.15, 0.2) is 18.2 Å². The average Bonchev–Trinajstić information content (AvgIpc) is 2.45. The summed E-state index contributed by atoms with van der Waals surface area (Å²) in [6.45, 7) is 6.09. The van der Waals surface area contributed by atoms with Crippen LogP contribution < -0.4 is 4.74 Å². The number of benzene rings is 1. The summed E-state index contributed by atoms with van der Waals surface area (Å²) in [4.78, 5) is 11.7. The molecule has 1 aromatic carbocycles. The zero-order valence-corrected chi connectivity index (χ0v) is 15.1. The lowest BCUT2D eigenvalue weighted by Gasteiger charge is -2.14. The standard InChI is InChI=1S/C17H26O5S/c1-5-6-7-17(18)22-16-9-8-15(12-14(16)3)13(2)10-11-21-23(4,19)20/h8-9,12-13H,5-7,10-11H2,1-4H3. The molecule has 1 unspecified atom stereocenters. The summed E-state index contributed by atoms with van der Waals surface area (Å²) >= 11 is 0. The lowest BCUT2D eigenvalue weighted by molar-refractivity contribution is -0.134. The Bertz CT molecular complexity index is 622. The first-order valence-electron chi connectivity index (χ1n) is 7.88. The molecule has 1 rings (SSSR count). The van der Waals surface area contributed by atoms with Gasteiger partial charge in [-0.1, -0.05) is 32.4 Å². The van der Waals surface area contributed by atoms with Gasteiger partial charge in [-0.3, -0.25) is 8.98 Å². The number of esters is 1. The third-order valence-corrected chi connectivity index (χ3v) is 4.17. The van der Waals surface area contributed by atoms with Crippen LogP contribution in [-0.4, -0.2) is 27.2 Å². The van der Waals surface area contributed by atoms with Gasteiger partial charge in [-0.15, -0.1) is 0 Å². The Morgan fingerprint density at radius 3 is 2.57 bits per heavy atom. The maximum absolute atomic E-state index is 11.7. The molecule has 0 saturated carbocycles. The first-order chi connectivity index (χ1) is 10.7. The van der Waals surface area contributed by atoms with E-state index in [2.05, 4.69) is 0 Å². The van der Waals surface area contributed by atoms with Crippen LogP contribution in [-0.2, 0) is 19.1 Å². The molecule has 0 aliphatic carbocycles. The van der Waals surface area contributed by atoms with Gasteiger partial charge in [-0.05, 0) is 42.9 Å². The van der Waals surface area contributed by atoms with E-state index >= 15 is 0 Å². The maximum Gasteiger partial charge on any atom is 0.311 e. The van der Waals surface area contributed by atoms with Crippen LogP contribution in [0, 0.1) is 6.92 Å². The molecule has 1 aromatic rings. The molecule has 1 atom stereocenters. The third-order valence-electron chi connectivity index (χ3n) is 3.57. The fourth-order valence-corrected chi connectivity index (χ4v) is 2.53. The highest BCUT2D eigenvalue weighted by Crippen LogP contribution is 2.26. The number of hydrogen-bond acceptors (Lipinski definition) is 5. The zero-order valence-electron chi connectivity index (χ0n) is 14.3. The van der Waals surface area contributed by atoms with E-state index < -0.39 is 10.1 Å². The van der Waals surface area contributed by atoms with Crippen LogP contribution in [0.4, 0.5) is 0 Å². The van der Waals surface area contributed by atoms with E-state index in [9.17, 15) is 13.2 Å². The fourth-order valence-electron chi connectivity index (χ4n) is 2.13. The first kappa shape index (κ1) is 19.6. The van der Waals surface area contributed by atoms with Gasteiger partial charge in [0.05, 0.1) is 12.9 Å². The molecular weight excluding hydrogens is 316 g/mol. The molecule has 0 N–H and O–H groups in total. The van der Waals surface area contributed by atoms with Gasteiger partial charge in [-0.25, -0.2) is 0 Å². The smallest absolute Gasteiger partial charge is 0.311 e. The summed E-state index contributed by atoms with van der Waals surface area (Å²) in [5.74, 6) is 0.520. The van der Waals surface area contributed by atoms with E-state index in [1.807, 2.05) is 32.9 Å². The minimum atomic E-state index is -3.40. The van der Waals surface area contributed by atoms with E-state index in [1.165, 1.54) is 0 Å². The van der Waals surface area contributed by atoms with Crippen LogP contribution >= 0.6 is 0 Å². The number of hydrogen-bond donors (Lipinski definition) is 0. The quantitative estimate of drug-likeness (QED) is 0.390. The Balaban J connectivity index is 2.62. The van der Waals surface area contributed by atoms with Crippen molar-refractivity contribution in [3.63, 3.8) is 0 Å². The van der Waals surface area contributed by atoms with Crippen molar-refractivity contribution in [2.45, 2.75) is 52.4 Å². The SMILES string of the molecule is CCCCC(=O)Oc1ccc(C(C)CCOS(C)(=O)=O)cc1C. The molecule has 23 heavy (non-hydrogen) atoms. The summed E-state index contributed by atoms with van der Waals surface area (Å²) in [7, 11) is -3.40. The molecule has 6 heteroatoms. The average molecular weight is 342 g/mol. The van der Waals surface area contributed by atoms with E-state index in [4.69, 9.17) is 8.92 Å². The van der Waals surface area contributed by atoms with Crippen LogP contribution in [0.3, 0.4) is 0 Å². The van der Waals surface area contributed by atoms with Gasteiger partial charge < -0.3 is 4.74 Å². The van der Waals surface area contributed by atoms with Crippen molar-refractivity contribution in [1.29, 1.82) is 0 Å². The number of ether oxygens (including phenoxy) is 1. The van der Waals surface area contributed by atoms with Crippen molar-refractivity contribution in [1.82, 2.24) is 0 Å². The Morgan fingerprint density at radius 2 is 2.00 bits per heavy atom. The van der Waals surface area contributed by atoms with Gasteiger partial charge in [0.2, 0.25) is 0 Å². The highest BCUT2D eigenvalue weighted by molar-refractivity contribution is 7.85. The lowest BCUT2D eigenvalue weighted by atomic mass is 9.96. The molecule has 0 heterocycles. The number of unbranched alkanes of at least 4 members (excludes halogenated alkanes) is 1. The third kappa shape index (κ3) is 7.61. The van der Waals surface area contributed by atoms with Crippen molar-refractivity contribution >= 4 is 16.1 Å². The lowest BCUT2D eigenvalue weighted by Crippen LogP contribution is -2.09. The van der Waals surface area contributed by atoms with Crippen molar-refractivity contribution in [3.8, 4) is 5.75 Å². The molecule has 0 aromatic heterocycles. The van der Waals surface area contributed by atoms with E-state index in [1.54, 1.807) is 6.07 Å². The second kappa shape index (κ2) is 9.03. The highest BCUT2D eigenvalue weighted by Gasteiger charge is 2.12. The van der Waals surface area contributed by atoms with Gasteiger partial charge in [0.15, 0.2) is 0 Å². The minimum Gasteiger partial charge on any atom is -0.426 e. The van der Waals surface area contributed by atoms with Crippen LogP contribution in [0.25, 0.3) is 0 Å². The Morgan fingerprint density at radius 1 is 1.30 bits per heavy atom. The molecule has 0 amide bonds. The zero-order chi connectivity index (χ0) is 17.5. The predicted octanol–water partition coefficient (Wildman–Crippen LogP) is 3.56. The molecule has 0 radical (unpaired) electrons. The first-order valence-corrected chi connectivity index (χ1v) is 9.70. The fraction of sp³-hybridized carbons (Fsp3) is 0.588. The Labute approximate surface area is 139 Å². The second-order valence-electron chi connectivity index (χ2n) is 5.82. The van der Waals surface area contributed by atoms with Gasteiger partial charge >= 0.3 is 5.97 Å². The molecule has 0 fully saturated rings. The normalized spacial score (nSPS) is 12.9. The maximum atomic E-state index is 11.7. The highest BCUT2D eigenvalue weighted by atomic mass is 32.2. The molecule has 0 spiro atoms. The summed E-state index contributed by atoms with van der Waals surface area (Å²) in [6.07, 6.45) is 3.86. The number of carbonyl (C=O) groups is 1. The van der Waals surface area contributed by atoms with Crippen LogP contribution in [0.2, 0.25) is 0 Å². The van der Waals surface area contributed by atoms with Crippen LogP contribution in [0.1, 0.15) is 56.6 Å². The van der Waals surface area contributed by atoms with Gasteiger partial charge in [0, 0.05) is 6.42 Å². The summed E-state index contributed by atoms with van der Waals surface area (Å²) < 4.78 is 32.0. The van der Waals surface area contributed by atoms with Crippen molar-refractivity contribution in [2.75, 3.05) is 12.9 Å². The second-order valence-corrected chi connectivity index (χ2v) is 7.46. The summed E-state index contributed by atoms with van der Waals surface area (Å²) in [6, 6.07) is 5.66. The number of rotatable bonds is 9. The van der Waals surface area contributed by atoms with Gasteiger partial charge in [0.25, 0.3) is 10.1 Å². The molecular formula is C17H26O5S. The van der Waals surface area contributed by atoms with Gasteiger partial charge in [0.1, 0.15) is 5.75 Å². The Hall–Kier alpha value is -1.40. The summed E-state index contributed by atoms with van der Waals surface area (Å²) in [5.41, 5.74) is 1.95. The predicted molar refractivity (Wildman–Crippen MR) is 90.2 cm³/mol. The van der Waals surface area contributed by atoms with Crippen molar-refractivity contribution in [3.05, 3.63) is 29.3 Å². The van der Waals surface area contributed by atoms with E-state index in [0.717, 1.165) is 30.2 Å². The molecule has 130 valence electrons. The number of carbonyl (C=O) groups excluding carboxylic acids is 1. The topological polar surface area (TPSA) is 69.7 Å². The molecule has 0 aliphatic rings. The minimum absolute atomic E-state index is 0.153. The van der Waals surface area contributed by atoms with Gasteiger partial charge in [-0.2, -0.15) is 8.42 Å². The van der Waals surface area contributed by atoms with Crippen LogP contribution in [0.5, 0.6) is 5.75 Å². The molecule has 0 saturated heterocycles.